The van der Waals surface area contributed by atoms with Gasteiger partial charge >= 0.3 is 0 Å². The van der Waals surface area contributed by atoms with Crippen LogP contribution in [-0.2, 0) is 17.8 Å². The Morgan fingerprint density at radius 2 is 1.94 bits per heavy atom. The molecule has 0 bridgehead atoms. The van der Waals surface area contributed by atoms with Crippen LogP contribution in [0, 0.1) is 0 Å². The van der Waals surface area contributed by atoms with E-state index in [1.807, 2.05) is 26.0 Å². The third-order valence-electron chi connectivity index (χ3n) is 2.31. The van der Waals surface area contributed by atoms with Crippen LogP contribution in [0.3, 0.4) is 0 Å². The van der Waals surface area contributed by atoms with Crippen LogP contribution in [0.2, 0.25) is 0 Å². The average molecular weight is 223 g/mol. The van der Waals surface area contributed by atoms with E-state index in [9.17, 15) is 0 Å². The van der Waals surface area contributed by atoms with Gasteiger partial charge in [0.25, 0.3) is 0 Å². The summed E-state index contributed by atoms with van der Waals surface area (Å²) in [4.78, 5) is 0. The molecular weight excluding hydrogens is 202 g/mol. The lowest BCUT2D eigenvalue weighted by atomic mass is 9.95. The number of hydrogen-bond acceptors (Lipinski definition) is 3. The molecule has 3 nitrogen and oxygen atoms in total. The van der Waals surface area contributed by atoms with Gasteiger partial charge in [-0.1, -0.05) is 12.1 Å². The summed E-state index contributed by atoms with van der Waals surface area (Å²) in [5, 5.41) is 0. The zero-order valence-corrected chi connectivity index (χ0v) is 10.5. The molecule has 0 aliphatic heterocycles. The lowest BCUT2D eigenvalue weighted by molar-refractivity contribution is 0.181. The largest absolute Gasteiger partial charge is 0.496 e. The summed E-state index contributed by atoms with van der Waals surface area (Å²) in [5.74, 6) is 0.864. The van der Waals surface area contributed by atoms with Gasteiger partial charge in [-0.15, -0.1) is 0 Å². The molecule has 1 aromatic carbocycles. The van der Waals surface area contributed by atoms with Crippen LogP contribution in [0.1, 0.15) is 25.0 Å². The molecule has 3 heteroatoms. The van der Waals surface area contributed by atoms with Crippen molar-refractivity contribution in [3.05, 3.63) is 29.3 Å². The van der Waals surface area contributed by atoms with Gasteiger partial charge in [0.1, 0.15) is 5.75 Å². The van der Waals surface area contributed by atoms with E-state index >= 15 is 0 Å². The third kappa shape index (κ3) is 3.83. The Balaban J connectivity index is 2.90. The minimum atomic E-state index is -0.201. The second kappa shape index (κ2) is 5.32. The fourth-order valence-corrected chi connectivity index (χ4v) is 1.70. The normalized spacial score (nSPS) is 11.6. The van der Waals surface area contributed by atoms with Crippen molar-refractivity contribution in [1.82, 2.24) is 0 Å². The van der Waals surface area contributed by atoms with Gasteiger partial charge in [0.15, 0.2) is 0 Å². The van der Waals surface area contributed by atoms with E-state index in [1.54, 1.807) is 14.2 Å². The van der Waals surface area contributed by atoms with Crippen molar-refractivity contribution in [3.63, 3.8) is 0 Å². The highest BCUT2D eigenvalue weighted by atomic mass is 16.5. The standard InChI is InChI=1S/C13H21NO2/c1-13(2,14)8-10-5-6-11(9-15-3)12(7-10)16-4/h5-7H,8-9,14H2,1-4H3. The van der Waals surface area contributed by atoms with Crippen molar-refractivity contribution in [2.45, 2.75) is 32.4 Å². The van der Waals surface area contributed by atoms with Gasteiger partial charge in [-0.3, -0.25) is 0 Å². The van der Waals surface area contributed by atoms with E-state index in [0.29, 0.717) is 6.61 Å². The monoisotopic (exact) mass is 223 g/mol. The summed E-state index contributed by atoms with van der Waals surface area (Å²) < 4.78 is 10.4. The molecule has 0 unspecified atom stereocenters. The number of ether oxygens (including phenoxy) is 2. The first-order valence-corrected chi connectivity index (χ1v) is 5.40. The highest BCUT2D eigenvalue weighted by Gasteiger charge is 2.13. The Labute approximate surface area is 97.6 Å². The van der Waals surface area contributed by atoms with Crippen molar-refractivity contribution in [3.8, 4) is 5.75 Å². The molecule has 0 fully saturated rings. The molecule has 16 heavy (non-hydrogen) atoms. The van der Waals surface area contributed by atoms with E-state index in [1.165, 1.54) is 5.56 Å². The van der Waals surface area contributed by atoms with Gasteiger partial charge in [-0.05, 0) is 31.9 Å². The maximum atomic E-state index is 5.99. The molecule has 0 radical (unpaired) electrons. The highest BCUT2D eigenvalue weighted by Crippen LogP contribution is 2.22. The molecule has 0 aromatic heterocycles. The van der Waals surface area contributed by atoms with E-state index in [-0.39, 0.29) is 5.54 Å². The molecule has 1 aromatic rings. The summed E-state index contributed by atoms with van der Waals surface area (Å²) >= 11 is 0. The summed E-state index contributed by atoms with van der Waals surface area (Å²) in [6.07, 6.45) is 0.830. The Kier molecular flexibility index (Phi) is 4.33. The smallest absolute Gasteiger partial charge is 0.124 e. The van der Waals surface area contributed by atoms with Gasteiger partial charge < -0.3 is 15.2 Å². The van der Waals surface area contributed by atoms with Crippen LogP contribution in [0.5, 0.6) is 5.75 Å². The van der Waals surface area contributed by atoms with E-state index in [2.05, 4.69) is 6.07 Å². The molecule has 0 amide bonds. The average Bonchev–Trinajstić information content (AvgIpc) is 2.18. The van der Waals surface area contributed by atoms with Gasteiger partial charge in [0, 0.05) is 18.2 Å². The maximum absolute atomic E-state index is 5.99. The van der Waals surface area contributed by atoms with Crippen molar-refractivity contribution in [1.29, 1.82) is 0 Å². The summed E-state index contributed by atoms with van der Waals surface area (Å²) in [7, 11) is 3.35. The second-order valence-corrected chi connectivity index (χ2v) is 4.74. The van der Waals surface area contributed by atoms with Crippen molar-refractivity contribution in [2.75, 3.05) is 14.2 Å². The zero-order valence-electron chi connectivity index (χ0n) is 10.5. The fraction of sp³-hybridized carbons (Fsp3) is 0.538. The van der Waals surface area contributed by atoms with E-state index in [0.717, 1.165) is 17.7 Å². The Bertz CT molecular complexity index is 342. The molecule has 2 N–H and O–H groups in total. The number of benzene rings is 1. The van der Waals surface area contributed by atoms with Gasteiger partial charge in [-0.25, -0.2) is 0 Å². The Morgan fingerprint density at radius 1 is 1.25 bits per heavy atom. The third-order valence-corrected chi connectivity index (χ3v) is 2.31. The Hall–Kier alpha value is -1.06. The van der Waals surface area contributed by atoms with Crippen LogP contribution in [-0.4, -0.2) is 19.8 Å². The minimum absolute atomic E-state index is 0.201. The predicted molar refractivity (Wildman–Crippen MR) is 65.7 cm³/mol. The van der Waals surface area contributed by atoms with Crippen LogP contribution in [0.15, 0.2) is 18.2 Å². The highest BCUT2D eigenvalue weighted by molar-refractivity contribution is 5.37. The van der Waals surface area contributed by atoms with Gasteiger partial charge in [0.05, 0.1) is 13.7 Å². The topological polar surface area (TPSA) is 44.5 Å². The number of methoxy groups -OCH3 is 2. The molecule has 0 spiro atoms. The summed E-state index contributed by atoms with van der Waals surface area (Å²) in [6.45, 7) is 4.60. The molecule has 0 saturated heterocycles. The molecule has 90 valence electrons. The van der Waals surface area contributed by atoms with Crippen LogP contribution in [0.4, 0.5) is 0 Å². The quantitative estimate of drug-likeness (QED) is 0.831. The first-order chi connectivity index (χ1) is 7.46. The second-order valence-electron chi connectivity index (χ2n) is 4.74. The van der Waals surface area contributed by atoms with Gasteiger partial charge in [0.2, 0.25) is 0 Å². The van der Waals surface area contributed by atoms with E-state index in [4.69, 9.17) is 15.2 Å². The molecular formula is C13H21NO2. The first-order valence-electron chi connectivity index (χ1n) is 5.40. The molecule has 0 atom stereocenters. The molecule has 0 aliphatic carbocycles. The molecule has 1 rings (SSSR count). The van der Waals surface area contributed by atoms with Crippen LogP contribution < -0.4 is 10.5 Å². The van der Waals surface area contributed by atoms with Crippen molar-refractivity contribution < 1.29 is 9.47 Å². The van der Waals surface area contributed by atoms with E-state index < -0.39 is 0 Å². The van der Waals surface area contributed by atoms with Crippen LogP contribution in [0.25, 0.3) is 0 Å². The van der Waals surface area contributed by atoms with Crippen LogP contribution >= 0.6 is 0 Å². The SMILES string of the molecule is COCc1ccc(CC(C)(C)N)cc1OC. The summed E-state index contributed by atoms with van der Waals surface area (Å²) in [5.41, 5.74) is 8.03. The summed E-state index contributed by atoms with van der Waals surface area (Å²) in [6, 6.07) is 6.14. The number of nitrogens with two attached hydrogens (primary N) is 1. The number of hydrogen-bond donors (Lipinski definition) is 1. The number of rotatable bonds is 5. The Morgan fingerprint density at radius 3 is 2.44 bits per heavy atom. The molecule has 0 heterocycles. The fourth-order valence-electron chi connectivity index (χ4n) is 1.70. The van der Waals surface area contributed by atoms with Gasteiger partial charge in [-0.2, -0.15) is 0 Å². The lowest BCUT2D eigenvalue weighted by Crippen LogP contribution is -2.34. The maximum Gasteiger partial charge on any atom is 0.124 e. The van der Waals surface area contributed by atoms with Crippen molar-refractivity contribution >= 4 is 0 Å². The first kappa shape index (κ1) is 13.0. The predicted octanol–water partition coefficient (Wildman–Crippen LogP) is 2.12. The molecule has 0 saturated carbocycles. The van der Waals surface area contributed by atoms with Crippen molar-refractivity contribution in [2.24, 2.45) is 5.73 Å². The zero-order chi connectivity index (χ0) is 12.2. The minimum Gasteiger partial charge on any atom is -0.496 e. The molecule has 0 aliphatic rings. The lowest BCUT2D eigenvalue weighted by Gasteiger charge is -2.19.